The van der Waals surface area contributed by atoms with E-state index in [2.05, 4.69) is 43.8 Å². The molecule has 5 nitrogen and oxygen atoms in total. The van der Waals surface area contributed by atoms with Gasteiger partial charge in [0.2, 0.25) is 5.91 Å². The van der Waals surface area contributed by atoms with Gasteiger partial charge in [-0.15, -0.1) is 0 Å². The number of halogens is 2. The summed E-state index contributed by atoms with van der Waals surface area (Å²) in [6, 6.07) is 24.8. The Morgan fingerprint density at radius 2 is 1.67 bits per heavy atom. The van der Waals surface area contributed by atoms with Crippen LogP contribution in [0.3, 0.4) is 0 Å². The van der Waals surface area contributed by atoms with Crippen LogP contribution in [0.25, 0.3) is 0 Å². The van der Waals surface area contributed by atoms with Gasteiger partial charge in [-0.2, -0.15) is 0 Å². The van der Waals surface area contributed by atoms with Gasteiger partial charge in [-0.05, 0) is 83.0 Å². The van der Waals surface area contributed by atoms with Crippen LogP contribution in [0.1, 0.15) is 36.8 Å². The highest BCUT2D eigenvalue weighted by atomic mass is 127. The molecule has 0 heterocycles. The summed E-state index contributed by atoms with van der Waals surface area (Å²) in [5.41, 5.74) is 1.95. The van der Waals surface area contributed by atoms with Crippen molar-refractivity contribution in [1.82, 2.24) is 10.2 Å². The lowest BCUT2D eigenvalue weighted by atomic mass is 10.0. The molecule has 1 fully saturated rings. The Hall–Kier alpha value is -2.39. The van der Waals surface area contributed by atoms with Gasteiger partial charge in [0.05, 0.1) is 0 Å². The zero-order valence-corrected chi connectivity index (χ0v) is 23.8. The van der Waals surface area contributed by atoms with E-state index in [0.717, 1.165) is 44.9 Å². The molecule has 0 saturated heterocycles. The molecule has 0 unspecified atom stereocenters. The first kappa shape index (κ1) is 26.7. The van der Waals surface area contributed by atoms with Crippen LogP contribution in [0.2, 0.25) is 0 Å². The molecule has 1 N–H and O–H groups in total. The van der Waals surface area contributed by atoms with E-state index in [-0.39, 0.29) is 24.5 Å². The minimum atomic E-state index is -0.653. The zero-order chi connectivity index (χ0) is 25.3. The standard InChI is InChI=1S/C29H30BrIN2O3/c30-23-10-6-9-22(17-23)19-33(28(34)20-36-26-15-13-24(31)14-16-26)27(18-21-7-2-1-3-8-21)29(35)32-25-11-4-5-12-25/h1-3,6-10,13-17,25,27H,4-5,11-12,18-20H2,(H,32,35)/t27-/m0/s1. The van der Waals surface area contributed by atoms with Crippen LogP contribution < -0.4 is 10.1 Å². The quantitative estimate of drug-likeness (QED) is 0.266. The zero-order valence-electron chi connectivity index (χ0n) is 20.0. The first-order valence-electron chi connectivity index (χ1n) is 12.2. The molecule has 3 aromatic carbocycles. The van der Waals surface area contributed by atoms with E-state index in [4.69, 9.17) is 4.74 Å². The summed E-state index contributed by atoms with van der Waals surface area (Å²) in [7, 11) is 0. The lowest BCUT2D eigenvalue weighted by Crippen LogP contribution is -2.53. The van der Waals surface area contributed by atoms with Crippen LogP contribution >= 0.6 is 38.5 Å². The summed E-state index contributed by atoms with van der Waals surface area (Å²) in [4.78, 5) is 29.0. The number of hydrogen-bond donors (Lipinski definition) is 1. The molecule has 3 aromatic rings. The van der Waals surface area contributed by atoms with Crippen molar-refractivity contribution in [1.29, 1.82) is 0 Å². The van der Waals surface area contributed by atoms with Crippen LogP contribution in [0.4, 0.5) is 0 Å². The van der Waals surface area contributed by atoms with Crippen molar-refractivity contribution in [3.63, 3.8) is 0 Å². The van der Waals surface area contributed by atoms with Gasteiger partial charge < -0.3 is 15.0 Å². The third-order valence-corrected chi connectivity index (χ3v) is 7.60. The van der Waals surface area contributed by atoms with Crippen molar-refractivity contribution < 1.29 is 14.3 Å². The maximum absolute atomic E-state index is 13.7. The molecule has 1 aliphatic rings. The van der Waals surface area contributed by atoms with Gasteiger partial charge in [-0.1, -0.05) is 71.2 Å². The van der Waals surface area contributed by atoms with Crippen molar-refractivity contribution >= 4 is 50.3 Å². The average Bonchev–Trinajstić information content (AvgIpc) is 3.39. The number of nitrogens with zero attached hydrogens (tertiary/aromatic N) is 1. The van der Waals surface area contributed by atoms with Crippen molar-refractivity contribution in [3.8, 4) is 5.75 Å². The number of carbonyl (C=O) groups excluding carboxylic acids is 2. The predicted molar refractivity (Wildman–Crippen MR) is 154 cm³/mol. The lowest BCUT2D eigenvalue weighted by Gasteiger charge is -2.32. The average molecular weight is 661 g/mol. The predicted octanol–water partition coefficient (Wildman–Crippen LogP) is 6.13. The van der Waals surface area contributed by atoms with Crippen LogP contribution in [-0.2, 0) is 22.6 Å². The molecule has 0 aliphatic heterocycles. The lowest BCUT2D eigenvalue weighted by molar-refractivity contribution is -0.143. The monoisotopic (exact) mass is 660 g/mol. The molecule has 0 spiro atoms. The molecule has 1 atom stereocenters. The van der Waals surface area contributed by atoms with Gasteiger partial charge in [0.15, 0.2) is 6.61 Å². The molecule has 188 valence electrons. The van der Waals surface area contributed by atoms with Gasteiger partial charge >= 0.3 is 0 Å². The van der Waals surface area contributed by atoms with E-state index in [1.54, 1.807) is 4.90 Å². The van der Waals surface area contributed by atoms with E-state index in [1.807, 2.05) is 78.9 Å². The molecule has 0 radical (unpaired) electrons. The number of nitrogens with one attached hydrogen (secondary N) is 1. The normalized spacial score (nSPS) is 14.3. The van der Waals surface area contributed by atoms with Gasteiger partial charge in [0, 0.05) is 27.1 Å². The second-order valence-electron chi connectivity index (χ2n) is 9.09. The summed E-state index contributed by atoms with van der Waals surface area (Å²) in [5, 5.41) is 3.23. The molecular weight excluding hydrogens is 631 g/mol. The summed E-state index contributed by atoms with van der Waals surface area (Å²) in [5.74, 6) is 0.292. The Morgan fingerprint density at radius 3 is 2.36 bits per heavy atom. The molecule has 2 amide bonds. The number of ether oxygens (including phenoxy) is 1. The SMILES string of the molecule is O=C(NC1CCCC1)[C@H](Cc1ccccc1)N(Cc1cccc(Br)c1)C(=O)COc1ccc(I)cc1. The number of benzene rings is 3. The van der Waals surface area contributed by atoms with Gasteiger partial charge in [0.25, 0.3) is 5.91 Å². The summed E-state index contributed by atoms with van der Waals surface area (Å²) < 4.78 is 7.86. The first-order valence-corrected chi connectivity index (χ1v) is 14.1. The third-order valence-electron chi connectivity index (χ3n) is 6.39. The number of carbonyl (C=O) groups is 2. The molecule has 0 aromatic heterocycles. The summed E-state index contributed by atoms with van der Waals surface area (Å²) >= 11 is 5.76. The highest BCUT2D eigenvalue weighted by molar-refractivity contribution is 14.1. The van der Waals surface area contributed by atoms with Crippen molar-refractivity contribution in [2.75, 3.05) is 6.61 Å². The van der Waals surface area contributed by atoms with E-state index >= 15 is 0 Å². The fourth-order valence-electron chi connectivity index (χ4n) is 4.51. The third kappa shape index (κ3) is 7.80. The largest absolute Gasteiger partial charge is 0.484 e. The Labute approximate surface area is 234 Å². The molecule has 1 saturated carbocycles. The topological polar surface area (TPSA) is 58.6 Å². The number of rotatable bonds is 10. The minimum absolute atomic E-state index is 0.108. The highest BCUT2D eigenvalue weighted by Crippen LogP contribution is 2.21. The van der Waals surface area contributed by atoms with Crippen molar-refractivity contribution in [3.05, 3.63) is 98.0 Å². The Balaban J connectivity index is 1.60. The number of amides is 2. The smallest absolute Gasteiger partial charge is 0.261 e. The van der Waals surface area contributed by atoms with Gasteiger partial charge in [0.1, 0.15) is 11.8 Å². The van der Waals surface area contributed by atoms with Crippen molar-refractivity contribution in [2.24, 2.45) is 0 Å². The number of hydrogen-bond acceptors (Lipinski definition) is 3. The van der Waals surface area contributed by atoms with E-state index in [1.165, 1.54) is 0 Å². The Kier molecular flexibility index (Phi) is 9.81. The molecule has 0 bridgehead atoms. The maximum Gasteiger partial charge on any atom is 0.261 e. The van der Waals surface area contributed by atoms with Crippen LogP contribution in [0.5, 0.6) is 5.75 Å². The van der Waals surface area contributed by atoms with Crippen LogP contribution in [0, 0.1) is 3.57 Å². The minimum Gasteiger partial charge on any atom is -0.484 e. The molecule has 1 aliphatic carbocycles. The fourth-order valence-corrected chi connectivity index (χ4v) is 5.32. The molecular formula is C29H30BrIN2O3. The molecule has 4 rings (SSSR count). The molecule has 7 heteroatoms. The highest BCUT2D eigenvalue weighted by Gasteiger charge is 2.32. The van der Waals surface area contributed by atoms with Crippen LogP contribution in [0.15, 0.2) is 83.3 Å². The van der Waals surface area contributed by atoms with Gasteiger partial charge in [-0.25, -0.2) is 0 Å². The molecule has 36 heavy (non-hydrogen) atoms. The second kappa shape index (κ2) is 13.2. The summed E-state index contributed by atoms with van der Waals surface area (Å²) in [6.45, 7) is 0.167. The van der Waals surface area contributed by atoms with E-state index < -0.39 is 6.04 Å². The van der Waals surface area contributed by atoms with Crippen LogP contribution in [-0.4, -0.2) is 35.4 Å². The van der Waals surface area contributed by atoms with Gasteiger partial charge in [-0.3, -0.25) is 9.59 Å². The maximum atomic E-state index is 13.7. The van der Waals surface area contributed by atoms with Crippen molar-refractivity contribution in [2.45, 2.75) is 50.7 Å². The fraction of sp³-hybridized carbons (Fsp3) is 0.310. The van der Waals surface area contributed by atoms with E-state index in [9.17, 15) is 9.59 Å². The van der Waals surface area contributed by atoms with E-state index in [0.29, 0.717) is 18.7 Å². The Morgan fingerprint density at radius 1 is 0.972 bits per heavy atom. The Bertz CT molecular complexity index is 1150. The summed E-state index contributed by atoms with van der Waals surface area (Å²) in [6.07, 6.45) is 4.65. The first-order chi connectivity index (χ1) is 17.5. The second-order valence-corrected chi connectivity index (χ2v) is 11.3.